The Bertz CT molecular complexity index is 796. The zero-order valence-electron chi connectivity index (χ0n) is 17.6. The van der Waals surface area contributed by atoms with Crippen molar-refractivity contribution in [3.05, 3.63) is 27.8 Å². The average molecular weight is 396 g/mol. The van der Waals surface area contributed by atoms with Gasteiger partial charge in [-0.2, -0.15) is 4.31 Å². The SMILES string of the molecule is CCNC(=O)[C@@H](C)N1CCN(S(=O)(=O)c2c(C)c(C)c(C)c(C)c2C)CC1. The van der Waals surface area contributed by atoms with Crippen LogP contribution in [0.5, 0.6) is 0 Å². The van der Waals surface area contributed by atoms with Crippen LogP contribution in [0.1, 0.15) is 41.7 Å². The summed E-state index contributed by atoms with van der Waals surface area (Å²) in [6.07, 6.45) is 0. The number of rotatable bonds is 5. The Kier molecular flexibility index (Phi) is 6.71. The average Bonchev–Trinajstić information content (AvgIpc) is 2.64. The molecule has 7 heteroatoms. The van der Waals surface area contributed by atoms with E-state index >= 15 is 0 Å². The van der Waals surface area contributed by atoms with Crippen LogP contribution < -0.4 is 5.32 Å². The minimum Gasteiger partial charge on any atom is -0.355 e. The van der Waals surface area contributed by atoms with Gasteiger partial charge in [0.05, 0.1) is 10.9 Å². The number of piperazine rings is 1. The molecule has 0 aromatic heterocycles. The van der Waals surface area contributed by atoms with Gasteiger partial charge in [0, 0.05) is 32.7 Å². The summed E-state index contributed by atoms with van der Waals surface area (Å²) in [4.78, 5) is 14.5. The first-order chi connectivity index (χ1) is 12.5. The molecule has 1 aliphatic heterocycles. The van der Waals surface area contributed by atoms with Crippen LogP contribution in [-0.2, 0) is 14.8 Å². The summed E-state index contributed by atoms with van der Waals surface area (Å²) in [5.74, 6) is -0.00900. The summed E-state index contributed by atoms with van der Waals surface area (Å²) in [7, 11) is -3.56. The summed E-state index contributed by atoms with van der Waals surface area (Å²) < 4.78 is 28.3. The molecule has 0 radical (unpaired) electrons. The first kappa shape index (κ1) is 21.9. The summed E-state index contributed by atoms with van der Waals surface area (Å²) in [6, 6.07) is -0.248. The van der Waals surface area contributed by atoms with Crippen molar-refractivity contribution in [2.75, 3.05) is 32.7 Å². The van der Waals surface area contributed by atoms with E-state index in [0.29, 0.717) is 37.6 Å². The minimum atomic E-state index is -3.56. The van der Waals surface area contributed by atoms with Gasteiger partial charge in [0.15, 0.2) is 0 Å². The zero-order chi connectivity index (χ0) is 20.5. The molecule has 1 atom stereocenters. The summed E-state index contributed by atoms with van der Waals surface area (Å²) >= 11 is 0. The summed E-state index contributed by atoms with van der Waals surface area (Å²) in [5, 5.41) is 2.83. The maximum absolute atomic E-state index is 13.4. The largest absolute Gasteiger partial charge is 0.355 e. The normalized spacial score (nSPS) is 17.7. The molecule has 1 saturated heterocycles. The highest BCUT2D eigenvalue weighted by molar-refractivity contribution is 7.89. The first-order valence-corrected chi connectivity index (χ1v) is 11.1. The quantitative estimate of drug-likeness (QED) is 0.829. The molecule has 0 bridgehead atoms. The van der Waals surface area contributed by atoms with E-state index in [-0.39, 0.29) is 11.9 Å². The van der Waals surface area contributed by atoms with Crippen LogP contribution in [-0.4, -0.2) is 62.3 Å². The van der Waals surface area contributed by atoms with Crippen molar-refractivity contribution >= 4 is 15.9 Å². The van der Waals surface area contributed by atoms with E-state index in [1.807, 2.05) is 53.4 Å². The maximum Gasteiger partial charge on any atom is 0.243 e. The van der Waals surface area contributed by atoms with E-state index in [4.69, 9.17) is 0 Å². The molecule has 1 N–H and O–H groups in total. The Hall–Kier alpha value is -1.44. The van der Waals surface area contributed by atoms with Crippen LogP contribution >= 0.6 is 0 Å². The molecule has 27 heavy (non-hydrogen) atoms. The third-order valence-corrected chi connectivity index (χ3v) is 8.25. The predicted octanol–water partition coefficient (Wildman–Crippen LogP) is 2.06. The van der Waals surface area contributed by atoms with Crippen LogP contribution in [0.15, 0.2) is 4.90 Å². The molecule has 0 unspecified atom stereocenters. The fraction of sp³-hybridized carbons (Fsp3) is 0.650. The summed E-state index contributed by atoms with van der Waals surface area (Å²) in [6.45, 7) is 16.1. The molecule has 1 aliphatic rings. The van der Waals surface area contributed by atoms with E-state index in [0.717, 1.165) is 27.8 Å². The van der Waals surface area contributed by atoms with E-state index in [9.17, 15) is 13.2 Å². The fourth-order valence-electron chi connectivity index (χ4n) is 3.80. The molecule has 0 aliphatic carbocycles. The second-order valence-electron chi connectivity index (χ2n) is 7.46. The number of carbonyl (C=O) groups is 1. The molecule has 1 heterocycles. The molecule has 1 aromatic rings. The van der Waals surface area contributed by atoms with Crippen molar-refractivity contribution in [3.63, 3.8) is 0 Å². The van der Waals surface area contributed by atoms with Crippen molar-refractivity contribution < 1.29 is 13.2 Å². The fourth-order valence-corrected chi connectivity index (χ4v) is 5.78. The van der Waals surface area contributed by atoms with E-state index in [1.54, 1.807) is 4.31 Å². The Balaban J connectivity index is 2.25. The van der Waals surface area contributed by atoms with E-state index < -0.39 is 10.0 Å². The van der Waals surface area contributed by atoms with Gasteiger partial charge >= 0.3 is 0 Å². The predicted molar refractivity (Wildman–Crippen MR) is 109 cm³/mol. The van der Waals surface area contributed by atoms with Crippen LogP contribution in [0.4, 0.5) is 0 Å². The number of benzene rings is 1. The third-order valence-electron chi connectivity index (χ3n) is 6.08. The second kappa shape index (κ2) is 8.29. The Morgan fingerprint density at radius 1 is 0.926 bits per heavy atom. The van der Waals surface area contributed by atoms with Crippen LogP contribution in [0.3, 0.4) is 0 Å². The number of hydrogen-bond donors (Lipinski definition) is 1. The molecule has 0 saturated carbocycles. The van der Waals surface area contributed by atoms with Crippen LogP contribution in [0, 0.1) is 34.6 Å². The van der Waals surface area contributed by atoms with E-state index in [2.05, 4.69) is 5.32 Å². The number of hydrogen-bond acceptors (Lipinski definition) is 4. The number of nitrogens with one attached hydrogen (secondary N) is 1. The standard InChI is InChI=1S/C20H33N3O3S/c1-8-21-20(24)18(7)22-9-11-23(12-10-22)27(25,26)19-16(5)14(3)13(2)15(4)17(19)6/h18H,8-12H2,1-7H3,(H,21,24)/t18-/m1/s1. The van der Waals surface area contributed by atoms with Gasteiger partial charge in [-0.15, -0.1) is 0 Å². The van der Waals surface area contributed by atoms with Crippen LogP contribution in [0.2, 0.25) is 0 Å². The monoisotopic (exact) mass is 395 g/mol. The summed E-state index contributed by atoms with van der Waals surface area (Å²) in [5.41, 5.74) is 4.92. The molecule has 6 nitrogen and oxygen atoms in total. The molecule has 1 aromatic carbocycles. The molecular weight excluding hydrogens is 362 g/mol. The van der Waals surface area contributed by atoms with Gasteiger partial charge in [-0.25, -0.2) is 8.42 Å². The van der Waals surface area contributed by atoms with Crippen LogP contribution in [0.25, 0.3) is 0 Å². The number of nitrogens with zero attached hydrogens (tertiary/aromatic N) is 2. The maximum atomic E-state index is 13.4. The van der Waals surface area contributed by atoms with Crippen molar-refractivity contribution in [3.8, 4) is 0 Å². The lowest BCUT2D eigenvalue weighted by molar-refractivity contribution is -0.126. The molecule has 1 amide bonds. The van der Waals surface area contributed by atoms with Gasteiger partial charge in [-0.05, 0) is 76.3 Å². The number of carbonyl (C=O) groups excluding carboxylic acids is 1. The highest BCUT2D eigenvalue weighted by Crippen LogP contribution is 2.32. The Morgan fingerprint density at radius 3 is 1.81 bits per heavy atom. The van der Waals surface area contributed by atoms with Gasteiger partial charge < -0.3 is 5.32 Å². The lowest BCUT2D eigenvalue weighted by Crippen LogP contribution is -2.55. The Morgan fingerprint density at radius 2 is 1.37 bits per heavy atom. The topological polar surface area (TPSA) is 69.7 Å². The van der Waals surface area contributed by atoms with Gasteiger partial charge in [0.1, 0.15) is 0 Å². The molecule has 0 spiro atoms. The van der Waals surface area contributed by atoms with Crippen molar-refractivity contribution in [1.29, 1.82) is 0 Å². The zero-order valence-corrected chi connectivity index (χ0v) is 18.5. The highest BCUT2D eigenvalue weighted by atomic mass is 32.2. The van der Waals surface area contributed by atoms with Crippen molar-refractivity contribution in [1.82, 2.24) is 14.5 Å². The molecular formula is C20H33N3O3S. The third kappa shape index (κ3) is 4.05. The molecule has 2 rings (SSSR count). The minimum absolute atomic E-state index is 0.00900. The lowest BCUT2D eigenvalue weighted by atomic mass is 9.95. The van der Waals surface area contributed by atoms with Gasteiger partial charge in [-0.3, -0.25) is 9.69 Å². The van der Waals surface area contributed by atoms with Gasteiger partial charge in [0.2, 0.25) is 15.9 Å². The smallest absolute Gasteiger partial charge is 0.243 e. The molecule has 1 fully saturated rings. The Labute approximate surface area is 164 Å². The van der Waals surface area contributed by atoms with Crippen molar-refractivity contribution in [2.24, 2.45) is 0 Å². The number of amides is 1. The van der Waals surface area contributed by atoms with E-state index in [1.165, 1.54) is 0 Å². The highest BCUT2D eigenvalue weighted by Gasteiger charge is 2.34. The first-order valence-electron chi connectivity index (χ1n) is 9.62. The number of likely N-dealkylation sites (N-methyl/N-ethyl adjacent to an activating group) is 1. The second-order valence-corrected chi connectivity index (χ2v) is 9.34. The lowest BCUT2D eigenvalue weighted by Gasteiger charge is -2.37. The van der Waals surface area contributed by atoms with Gasteiger partial charge in [0.25, 0.3) is 0 Å². The molecule has 152 valence electrons. The van der Waals surface area contributed by atoms with Gasteiger partial charge in [-0.1, -0.05) is 0 Å². The number of sulfonamides is 1. The van der Waals surface area contributed by atoms with Crippen molar-refractivity contribution in [2.45, 2.75) is 59.4 Å².